The van der Waals surface area contributed by atoms with Crippen molar-refractivity contribution < 1.29 is 9.53 Å². The van der Waals surface area contributed by atoms with E-state index in [0.29, 0.717) is 5.56 Å². The van der Waals surface area contributed by atoms with Crippen LogP contribution in [0.25, 0.3) is 11.3 Å². The van der Waals surface area contributed by atoms with E-state index in [1.807, 2.05) is 47.4 Å². The van der Waals surface area contributed by atoms with Gasteiger partial charge in [-0.1, -0.05) is 24.3 Å². The number of benzene rings is 2. The van der Waals surface area contributed by atoms with E-state index in [1.165, 1.54) is 0 Å². The molecule has 1 atom stereocenters. The predicted molar refractivity (Wildman–Crippen MR) is 108 cm³/mol. The van der Waals surface area contributed by atoms with Crippen LogP contribution in [0.4, 0.5) is 0 Å². The first-order valence-electron chi connectivity index (χ1n) is 9.57. The summed E-state index contributed by atoms with van der Waals surface area (Å²) >= 11 is 0. The Morgan fingerprint density at radius 2 is 1.96 bits per heavy atom. The minimum absolute atomic E-state index is 0.0678. The molecule has 0 aliphatic carbocycles. The first-order chi connectivity index (χ1) is 13.8. The summed E-state index contributed by atoms with van der Waals surface area (Å²) in [6, 6.07) is 15.7. The van der Waals surface area contributed by atoms with Crippen LogP contribution in [0.5, 0.6) is 5.75 Å². The van der Waals surface area contributed by atoms with Gasteiger partial charge in [0.2, 0.25) is 0 Å². The molecule has 1 aliphatic heterocycles. The van der Waals surface area contributed by atoms with Crippen LogP contribution in [0.15, 0.2) is 67.1 Å². The van der Waals surface area contributed by atoms with E-state index in [4.69, 9.17) is 4.74 Å². The van der Waals surface area contributed by atoms with Crippen LogP contribution in [0.2, 0.25) is 0 Å². The topological polar surface area (TPSA) is 55.3 Å². The molecule has 1 aromatic heterocycles. The van der Waals surface area contributed by atoms with E-state index in [2.05, 4.69) is 16.0 Å². The molecule has 1 amide bonds. The molecule has 4 rings (SSSR count). The summed E-state index contributed by atoms with van der Waals surface area (Å²) in [5.41, 5.74) is 3.58. The maximum atomic E-state index is 13.3. The monoisotopic (exact) mass is 373 g/mol. The van der Waals surface area contributed by atoms with Gasteiger partial charge in [0, 0.05) is 30.1 Å². The van der Waals surface area contributed by atoms with Crippen molar-refractivity contribution in [1.82, 2.24) is 14.9 Å². The predicted octanol–water partition coefficient (Wildman–Crippen LogP) is 4.52. The largest absolute Gasteiger partial charge is 0.497 e. The Morgan fingerprint density at radius 1 is 1.11 bits per heavy atom. The number of rotatable bonds is 4. The number of ether oxygens (including phenoxy) is 1. The third kappa shape index (κ3) is 3.74. The van der Waals surface area contributed by atoms with Gasteiger partial charge in [0.1, 0.15) is 5.75 Å². The minimum atomic E-state index is 0.0678. The standard InChI is InChI=1S/C23H23N3O2/c1-28-20-6-4-5-19(15-20)22-7-2-3-14-26(22)23(27)18-10-8-17(9-11-18)21-16-24-12-13-25-21/h4-6,8-13,15-16,22H,2-3,7,14H2,1H3. The van der Waals surface area contributed by atoms with E-state index >= 15 is 0 Å². The van der Waals surface area contributed by atoms with Crippen molar-refractivity contribution in [2.45, 2.75) is 25.3 Å². The molecule has 3 aromatic rings. The smallest absolute Gasteiger partial charge is 0.254 e. The molecule has 0 N–H and O–H groups in total. The second-order valence-electron chi connectivity index (χ2n) is 6.95. The molecule has 28 heavy (non-hydrogen) atoms. The van der Waals surface area contributed by atoms with Crippen LogP contribution in [-0.4, -0.2) is 34.4 Å². The summed E-state index contributed by atoms with van der Waals surface area (Å²) in [4.78, 5) is 23.7. The van der Waals surface area contributed by atoms with E-state index in [1.54, 1.807) is 25.7 Å². The van der Waals surface area contributed by atoms with Crippen molar-refractivity contribution in [1.29, 1.82) is 0 Å². The van der Waals surface area contributed by atoms with Gasteiger partial charge in [-0.05, 0) is 49.1 Å². The zero-order valence-electron chi connectivity index (χ0n) is 15.9. The average molecular weight is 373 g/mol. The summed E-state index contributed by atoms with van der Waals surface area (Å²) in [6.45, 7) is 0.770. The number of piperidine rings is 1. The minimum Gasteiger partial charge on any atom is -0.497 e. The molecule has 5 nitrogen and oxygen atoms in total. The van der Waals surface area contributed by atoms with Gasteiger partial charge in [-0.2, -0.15) is 0 Å². The molecule has 1 fully saturated rings. The summed E-state index contributed by atoms with van der Waals surface area (Å²) in [6.07, 6.45) is 8.16. The first kappa shape index (κ1) is 18.2. The molecule has 142 valence electrons. The SMILES string of the molecule is COc1cccc(C2CCCCN2C(=O)c2ccc(-c3cnccn3)cc2)c1. The zero-order valence-corrected chi connectivity index (χ0v) is 15.9. The molecule has 0 spiro atoms. The Morgan fingerprint density at radius 3 is 2.71 bits per heavy atom. The number of amides is 1. The Balaban J connectivity index is 1.58. The van der Waals surface area contributed by atoms with Gasteiger partial charge in [-0.3, -0.25) is 14.8 Å². The highest BCUT2D eigenvalue weighted by Crippen LogP contribution is 2.33. The maximum Gasteiger partial charge on any atom is 0.254 e. The highest BCUT2D eigenvalue weighted by molar-refractivity contribution is 5.95. The number of hydrogen-bond acceptors (Lipinski definition) is 4. The molecule has 2 aromatic carbocycles. The van der Waals surface area contributed by atoms with Crippen LogP contribution in [0.1, 0.15) is 41.2 Å². The molecular formula is C23H23N3O2. The third-order valence-electron chi connectivity index (χ3n) is 5.23. The van der Waals surface area contributed by atoms with Crippen LogP contribution in [0.3, 0.4) is 0 Å². The van der Waals surface area contributed by atoms with Gasteiger partial charge < -0.3 is 9.64 Å². The van der Waals surface area contributed by atoms with Crippen LogP contribution < -0.4 is 4.74 Å². The van der Waals surface area contributed by atoms with E-state index in [9.17, 15) is 4.79 Å². The summed E-state index contributed by atoms with van der Waals surface area (Å²) in [5.74, 6) is 0.891. The van der Waals surface area contributed by atoms with Gasteiger partial charge in [-0.25, -0.2) is 0 Å². The molecule has 5 heteroatoms. The van der Waals surface area contributed by atoms with Gasteiger partial charge in [-0.15, -0.1) is 0 Å². The van der Waals surface area contributed by atoms with Crippen molar-refractivity contribution in [3.8, 4) is 17.0 Å². The molecule has 2 heterocycles. The molecule has 0 bridgehead atoms. The second kappa shape index (κ2) is 8.21. The van der Waals surface area contributed by atoms with Crippen molar-refractivity contribution in [2.75, 3.05) is 13.7 Å². The number of carbonyl (C=O) groups is 1. The number of carbonyl (C=O) groups excluding carboxylic acids is 1. The number of hydrogen-bond donors (Lipinski definition) is 0. The molecule has 1 aliphatic rings. The third-order valence-corrected chi connectivity index (χ3v) is 5.23. The summed E-state index contributed by atoms with van der Waals surface area (Å²) in [7, 11) is 1.67. The van der Waals surface area contributed by atoms with Crippen LogP contribution in [0, 0.1) is 0 Å². The van der Waals surface area contributed by atoms with Crippen molar-refractivity contribution in [3.05, 3.63) is 78.2 Å². The molecule has 1 unspecified atom stereocenters. The fraction of sp³-hybridized carbons (Fsp3) is 0.261. The lowest BCUT2D eigenvalue weighted by Gasteiger charge is -2.36. The number of aromatic nitrogens is 2. The van der Waals surface area contributed by atoms with Crippen LogP contribution >= 0.6 is 0 Å². The Hall–Kier alpha value is -3.21. The lowest BCUT2D eigenvalue weighted by molar-refractivity contribution is 0.0611. The number of nitrogens with zero attached hydrogens (tertiary/aromatic N) is 3. The lowest BCUT2D eigenvalue weighted by atomic mass is 9.94. The summed E-state index contributed by atoms with van der Waals surface area (Å²) < 4.78 is 5.37. The molecular weight excluding hydrogens is 350 g/mol. The normalized spacial score (nSPS) is 16.6. The highest BCUT2D eigenvalue weighted by atomic mass is 16.5. The fourth-order valence-electron chi connectivity index (χ4n) is 3.77. The van der Waals surface area contributed by atoms with Gasteiger partial charge >= 0.3 is 0 Å². The van der Waals surface area contributed by atoms with E-state index < -0.39 is 0 Å². The quantitative estimate of drug-likeness (QED) is 0.675. The van der Waals surface area contributed by atoms with Gasteiger partial charge in [0.05, 0.1) is 25.0 Å². The molecule has 0 radical (unpaired) electrons. The second-order valence-corrected chi connectivity index (χ2v) is 6.95. The van der Waals surface area contributed by atoms with Crippen molar-refractivity contribution in [3.63, 3.8) is 0 Å². The van der Waals surface area contributed by atoms with Gasteiger partial charge in [0.25, 0.3) is 5.91 Å². The van der Waals surface area contributed by atoms with Gasteiger partial charge in [0.15, 0.2) is 0 Å². The Bertz CT molecular complexity index is 942. The summed E-state index contributed by atoms with van der Waals surface area (Å²) in [5, 5.41) is 0. The number of likely N-dealkylation sites (tertiary alicyclic amines) is 1. The lowest BCUT2D eigenvalue weighted by Crippen LogP contribution is -2.38. The Labute approximate surface area is 165 Å². The van der Waals surface area contributed by atoms with E-state index in [-0.39, 0.29) is 11.9 Å². The fourth-order valence-corrected chi connectivity index (χ4v) is 3.77. The first-order valence-corrected chi connectivity index (χ1v) is 9.57. The van der Waals surface area contributed by atoms with E-state index in [0.717, 1.165) is 48.4 Å². The molecule has 0 saturated carbocycles. The van der Waals surface area contributed by atoms with Crippen molar-refractivity contribution in [2.24, 2.45) is 0 Å². The molecule has 1 saturated heterocycles. The highest BCUT2D eigenvalue weighted by Gasteiger charge is 2.29. The van der Waals surface area contributed by atoms with Crippen LogP contribution in [-0.2, 0) is 0 Å². The number of methoxy groups -OCH3 is 1. The average Bonchev–Trinajstić information content (AvgIpc) is 2.79. The van der Waals surface area contributed by atoms with Crippen molar-refractivity contribution >= 4 is 5.91 Å². The maximum absolute atomic E-state index is 13.3. The zero-order chi connectivity index (χ0) is 19.3. The Kier molecular flexibility index (Phi) is 5.33.